The van der Waals surface area contributed by atoms with Crippen LogP contribution in [0.3, 0.4) is 0 Å². The zero-order valence-electron chi connectivity index (χ0n) is 11.8. The van der Waals surface area contributed by atoms with Crippen LogP contribution in [0.5, 0.6) is 0 Å². The lowest BCUT2D eigenvalue weighted by Crippen LogP contribution is -2.61. The molecule has 19 heavy (non-hydrogen) atoms. The van der Waals surface area contributed by atoms with Crippen LogP contribution in [0.2, 0.25) is 0 Å². The molecule has 3 atom stereocenters. The molecule has 0 spiro atoms. The molecular formula is C13H21N3O3. The van der Waals surface area contributed by atoms with Crippen molar-refractivity contribution in [2.24, 2.45) is 23.0 Å². The number of likely N-dealkylation sites (tertiary alicyclic amines) is 1. The second-order valence-corrected chi connectivity index (χ2v) is 6.27. The third kappa shape index (κ3) is 1.85. The Balaban J connectivity index is 2.15. The number of nitrogens with zero attached hydrogens (tertiary/aromatic N) is 1. The van der Waals surface area contributed by atoms with Crippen molar-refractivity contribution in [3.05, 3.63) is 0 Å². The molecule has 1 aliphatic carbocycles. The Hall–Kier alpha value is -1.43. The lowest BCUT2D eigenvalue weighted by molar-refractivity contribution is -0.145. The Labute approximate surface area is 112 Å². The minimum absolute atomic E-state index is 0.0108. The molecule has 106 valence electrons. The van der Waals surface area contributed by atoms with Gasteiger partial charge in [0.1, 0.15) is 5.54 Å². The highest BCUT2D eigenvalue weighted by atomic mass is 16.2. The average molecular weight is 267 g/mol. The van der Waals surface area contributed by atoms with Gasteiger partial charge in [-0.05, 0) is 18.9 Å². The first kappa shape index (κ1) is 14.0. The zero-order chi connectivity index (χ0) is 14.6. The summed E-state index contributed by atoms with van der Waals surface area (Å²) >= 11 is 0. The van der Waals surface area contributed by atoms with Crippen molar-refractivity contribution in [2.75, 3.05) is 13.1 Å². The first-order valence-electron chi connectivity index (χ1n) is 6.57. The number of carbonyl (C=O) groups excluding carboxylic acids is 3. The quantitative estimate of drug-likeness (QED) is 0.656. The van der Waals surface area contributed by atoms with Gasteiger partial charge in [-0.15, -0.1) is 0 Å². The highest BCUT2D eigenvalue weighted by molar-refractivity contribution is 6.10. The van der Waals surface area contributed by atoms with E-state index in [-0.39, 0.29) is 35.6 Å². The molecule has 2 rings (SSSR count). The number of amides is 3. The van der Waals surface area contributed by atoms with Crippen LogP contribution >= 0.6 is 0 Å². The molecule has 1 heterocycles. The predicted molar refractivity (Wildman–Crippen MR) is 68.8 cm³/mol. The molecule has 1 aliphatic heterocycles. The van der Waals surface area contributed by atoms with Gasteiger partial charge in [-0.3, -0.25) is 19.3 Å². The van der Waals surface area contributed by atoms with Crippen molar-refractivity contribution >= 4 is 17.7 Å². The highest BCUT2D eigenvalue weighted by Crippen LogP contribution is 2.63. The maximum Gasteiger partial charge on any atom is 0.239 e. The average Bonchev–Trinajstić information content (AvgIpc) is 2.77. The van der Waals surface area contributed by atoms with Gasteiger partial charge in [-0.25, -0.2) is 0 Å². The van der Waals surface area contributed by atoms with Gasteiger partial charge >= 0.3 is 0 Å². The highest BCUT2D eigenvalue weighted by Gasteiger charge is 2.72. The van der Waals surface area contributed by atoms with Gasteiger partial charge in [0.05, 0.1) is 18.4 Å². The van der Waals surface area contributed by atoms with E-state index >= 15 is 0 Å². The Kier molecular flexibility index (Phi) is 2.97. The van der Waals surface area contributed by atoms with Gasteiger partial charge < -0.3 is 11.1 Å². The topological polar surface area (TPSA) is 92.5 Å². The molecule has 3 amide bonds. The number of nitrogens with two attached hydrogens (primary N) is 1. The SMILES string of the molecule is CCNC(C)(CN1C(=O)C2C(C1=O)C2(C)C)C(N)=O. The minimum atomic E-state index is -1.07. The van der Waals surface area contributed by atoms with Crippen LogP contribution in [0.4, 0.5) is 0 Å². The Morgan fingerprint density at radius 3 is 2.21 bits per heavy atom. The first-order valence-corrected chi connectivity index (χ1v) is 6.57. The summed E-state index contributed by atoms with van der Waals surface area (Å²) in [6, 6.07) is 0. The lowest BCUT2D eigenvalue weighted by atomic mass is 9.99. The summed E-state index contributed by atoms with van der Waals surface area (Å²) in [5, 5.41) is 2.96. The maximum atomic E-state index is 12.2. The van der Waals surface area contributed by atoms with Gasteiger partial charge in [0, 0.05) is 0 Å². The number of hydrogen-bond acceptors (Lipinski definition) is 4. The summed E-state index contributed by atoms with van der Waals surface area (Å²) in [5.74, 6) is -1.36. The number of rotatable bonds is 5. The van der Waals surface area contributed by atoms with Crippen molar-refractivity contribution < 1.29 is 14.4 Å². The summed E-state index contributed by atoms with van der Waals surface area (Å²) < 4.78 is 0. The van der Waals surface area contributed by atoms with Crippen molar-refractivity contribution in [3.8, 4) is 0 Å². The van der Waals surface area contributed by atoms with E-state index in [1.807, 2.05) is 20.8 Å². The Morgan fingerprint density at radius 1 is 1.37 bits per heavy atom. The third-order valence-corrected chi connectivity index (χ3v) is 4.48. The van der Waals surface area contributed by atoms with E-state index in [9.17, 15) is 14.4 Å². The van der Waals surface area contributed by atoms with Crippen LogP contribution in [0, 0.1) is 17.3 Å². The van der Waals surface area contributed by atoms with E-state index < -0.39 is 11.4 Å². The third-order valence-electron chi connectivity index (χ3n) is 4.48. The molecule has 1 saturated carbocycles. The van der Waals surface area contributed by atoms with E-state index in [2.05, 4.69) is 5.32 Å². The summed E-state index contributed by atoms with van der Waals surface area (Å²) in [7, 11) is 0. The van der Waals surface area contributed by atoms with Crippen molar-refractivity contribution in [1.29, 1.82) is 0 Å². The molecular weight excluding hydrogens is 246 g/mol. The van der Waals surface area contributed by atoms with Crippen LogP contribution < -0.4 is 11.1 Å². The van der Waals surface area contributed by atoms with E-state index in [1.54, 1.807) is 6.92 Å². The van der Waals surface area contributed by atoms with E-state index in [1.165, 1.54) is 4.90 Å². The normalized spacial score (nSPS) is 31.1. The Bertz CT molecular complexity index is 436. The fraction of sp³-hybridized carbons (Fsp3) is 0.769. The van der Waals surface area contributed by atoms with Crippen LogP contribution in [-0.2, 0) is 14.4 Å². The van der Waals surface area contributed by atoms with Crippen LogP contribution in [0.1, 0.15) is 27.7 Å². The molecule has 0 aromatic heterocycles. The molecule has 0 aromatic rings. The van der Waals surface area contributed by atoms with Gasteiger partial charge in [0.25, 0.3) is 0 Å². The molecule has 0 radical (unpaired) electrons. The number of nitrogens with one attached hydrogen (secondary N) is 1. The van der Waals surface area contributed by atoms with Crippen molar-refractivity contribution in [2.45, 2.75) is 33.2 Å². The molecule has 3 N–H and O–H groups in total. The summed E-state index contributed by atoms with van der Waals surface area (Å²) in [6.45, 7) is 7.86. The van der Waals surface area contributed by atoms with Gasteiger partial charge in [-0.2, -0.15) is 0 Å². The second kappa shape index (κ2) is 4.03. The van der Waals surface area contributed by atoms with Gasteiger partial charge in [0.15, 0.2) is 0 Å². The van der Waals surface area contributed by atoms with Crippen molar-refractivity contribution in [1.82, 2.24) is 10.2 Å². The first-order chi connectivity index (χ1) is 8.66. The van der Waals surface area contributed by atoms with Crippen LogP contribution in [-0.4, -0.2) is 41.2 Å². The number of imide groups is 1. The number of fused-ring (bicyclic) bond motifs is 1. The van der Waals surface area contributed by atoms with Gasteiger partial charge in [0.2, 0.25) is 17.7 Å². The summed E-state index contributed by atoms with van der Waals surface area (Å²) in [4.78, 5) is 37.1. The molecule has 0 aromatic carbocycles. The number of primary amides is 1. The Morgan fingerprint density at radius 2 is 1.84 bits per heavy atom. The summed E-state index contributed by atoms with van der Waals surface area (Å²) in [6.07, 6.45) is 0. The molecule has 3 unspecified atom stereocenters. The number of piperidine rings is 1. The number of hydrogen-bond donors (Lipinski definition) is 2. The lowest BCUT2D eigenvalue weighted by Gasteiger charge is -2.32. The van der Waals surface area contributed by atoms with Crippen LogP contribution in [0.15, 0.2) is 0 Å². The zero-order valence-corrected chi connectivity index (χ0v) is 11.8. The predicted octanol–water partition coefficient (Wildman–Crippen LogP) is -0.519. The number of carbonyl (C=O) groups is 3. The molecule has 2 fully saturated rings. The van der Waals surface area contributed by atoms with Crippen LogP contribution in [0.25, 0.3) is 0 Å². The standard InChI is InChI=1S/C13H21N3O3/c1-5-15-13(4,11(14)19)6-16-9(17)7-8(10(16)18)12(7,2)3/h7-8,15H,5-6H2,1-4H3,(H2,14,19). The largest absolute Gasteiger partial charge is 0.368 e. The molecule has 6 heteroatoms. The molecule has 2 aliphatic rings. The molecule has 0 bridgehead atoms. The molecule has 1 saturated heterocycles. The van der Waals surface area contributed by atoms with Gasteiger partial charge in [-0.1, -0.05) is 20.8 Å². The fourth-order valence-corrected chi connectivity index (χ4v) is 3.09. The smallest absolute Gasteiger partial charge is 0.239 e. The van der Waals surface area contributed by atoms with E-state index in [0.717, 1.165) is 0 Å². The molecule has 6 nitrogen and oxygen atoms in total. The fourth-order valence-electron chi connectivity index (χ4n) is 3.09. The number of likely N-dealkylation sites (N-methyl/N-ethyl adjacent to an activating group) is 1. The second-order valence-electron chi connectivity index (χ2n) is 6.27. The van der Waals surface area contributed by atoms with Crippen molar-refractivity contribution in [3.63, 3.8) is 0 Å². The van der Waals surface area contributed by atoms with E-state index in [4.69, 9.17) is 5.73 Å². The van der Waals surface area contributed by atoms with E-state index in [0.29, 0.717) is 6.54 Å². The monoisotopic (exact) mass is 267 g/mol. The minimum Gasteiger partial charge on any atom is -0.368 e. The summed E-state index contributed by atoms with van der Waals surface area (Å²) in [5.41, 5.74) is 4.08. The maximum absolute atomic E-state index is 12.2.